The summed E-state index contributed by atoms with van der Waals surface area (Å²) in [7, 11) is 0. The van der Waals surface area contributed by atoms with Crippen molar-refractivity contribution in [3.05, 3.63) is 35.7 Å². The molecule has 0 fully saturated rings. The van der Waals surface area contributed by atoms with E-state index in [9.17, 15) is 22.8 Å². The van der Waals surface area contributed by atoms with Gasteiger partial charge in [-0.2, -0.15) is 18.2 Å². The molecule has 0 aliphatic heterocycles. The van der Waals surface area contributed by atoms with Crippen LogP contribution in [0.2, 0.25) is 0 Å². The minimum atomic E-state index is -4.43. The predicted molar refractivity (Wildman–Crippen MR) is 78.2 cm³/mol. The second-order valence-corrected chi connectivity index (χ2v) is 5.21. The second-order valence-electron chi connectivity index (χ2n) is 5.21. The van der Waals surface area contributed by atoms with Gasteiger partial charge >= 0.3 is 12.1 Å². The first-order valence-electron chi connectivity index (χ1n) is 7.19. The molecule has 0 saturated carbocycles. The normalized spacial score (nSPS) is 12.6. The maximum atomic E-state index is 12.5. The summed E-state index contributed by atoms with van der Waals surface area (Å²) in [5, 5.41) is 14.7. The molecule has 2 N–H and O–H groups in total. The molecule has 25 heavy (non-hydrogen) atoms. The lowest BCUT2D eigenvalue weighted by atomic mass is 10.1. The number of benzene rings is 1. The minimum absolute atomic E-state index is 0.0542. The van der Waals surface area contributed by atoms with Crippen molar-refractivity contribution >= 4 is 11.9 Å². The highest BCUT2D eigenvalue weighted by atomic mass is 19.4. The Hall–Kier alpha value is -2.91. The van der Waals surface area contributed by atoms with E-state index >= 15 is 0 Å². The highest BCUT2D eigenvalue weighted by Crippen LogP contribution is 2.30. The Labute approximate surface area is 139 Å². The van der Waals surface area contributed by atoms with E-state index in [0.29, 0.717) is 5.56 Å². The topological polar surface area (TPSA) is 105 Å². The van der Waals surface area contributed by atoms with Gasteiger partial charge in [-0.1, -0.05) is 17.3 Å². The lowest BCUT2D eigenvalue weighted by Gasteiger charge is -2.08. The Kier molecular flexibility index (Phi) is 5.40. The number of hydrogen-bond acceptors (Lipinski definition) is 5. The lowest BCUT2D eigenvalue weighted by Crippen LogP contribution is -2.27. The highest BCUT2D eigenvalue weighted by molar-refractivity contribution is 5.80. The number of nitrogens with zero attached hydrogens (tertiary/aromatic N) is 2. The van der Waals surface area contributed by atoms with Crippen molar-refractivity contribution in [3.63, 3.8) is 0 Å². The summed E-state index contributed by atoms with van der Waals surface area (Å²) in [5.41, 5.74) is -0.466. The number of carbonyl (C=O) groups excluding carboxylic acids is 1. The van der Waals surface area contributed by atoms with Gasteiger partial charge in [0.1, 0.15) is 6.04 Å². The first-order valence-corrected chi connectivity index (χ1v) is 7.19. The number of alkyl halides is 3. The molecule has 1 amide bonds. The highest BCUT2D eigenvalue weighted by Gasteiger charge is 2.30. The molecule has 0 saturated heterocycles. The fourth-order valence-corrected chi connectivity index (χ4v) is 1.93. The Morgan fingerprint density at radius 3 is 2.44 bits per heavy atom. The van der Waals surface area contributed by atoms with Crippen molar-refractivity contribution in [1.82, 2.24) is 15.5 Å². The Morgan fingerprint density at radius 1 is 1.24 bits per heavy atom. The number of nitrogens with one attached hydrogen (secondary N) is 1. The smallest absolute Gasteiger partial charge is 0.416 e. The molecule has 1 heterocycles. The quantitative estimate of drug-likeness (QED) is 0.824. The number of amides is 1. The van der Waals surface area contributed by atoms with Crippen molar-refractivity contribution in [1.29, 1.82) is 0 Å². The molecule has 7 nitrogen and oxygen atoms in total. The molecule has 1 aromatic carbocycles. The summed E-state index contributed by atoms with van der Waals surface area (Å²) >= 11 is 0. The minimum Gasteiger partial charge on any atom is -0.481 e. The summed E-state index contributed by atoms with van der Waals surface area (Å²) in [6.45, 7) is 1.56. The summed E-state index contributed by atoms with van der Waals surface area (Å²) in [4.78, 5) is 26.0. The maximum absolute atomic E-state index is 12.5. The van der Waals surface area contributed by atoms with Crippen LogP contribution in [0.5, 0.6) is 0 Å². The van der Waals surface area contributed by atoms with E-state index in [2.05, 4.69) is 15.5 Å². The largest absolute Gasteiger partial charge is 0.481 e. The molecule has 0 radical (unpaired) electrons. The zero-order valence-corrected chi connectivity index (χ0v) is 13.0. The molecule has 2 aromatic rings. The number of aromatic nitrogens is 2. The first kappa shape index (κ1) is 18.4. The Morgan fingerprint density at radius 2 is 1.88 bits per heavy atom. The van der Waals surface area contributed by atoms with Gasteiger partial charge in [-0.3, -0.25) is 9.59 Å². The molecular weight excluding hydrogens is 343 g/mol. The monoisotopic (exact) mass is 357 g/mol. The third-order valence-corrected chi connectivity index (χ3v) is 3.23. The van der Waals surface area contributed by atoms with Crippen LogP contribution in [0.1, 0.15) is 37.3 Å². The van der Waals surface area contributed by atoms with Crippen LogP contribution in [0.25, 0.3) is 11.4 Å². The third kappa shape index (κ3) is 5.03. The van der Waals surface area contributed by atoms with E-state index in [1.54, 1.807) is 6.92 Å². The van der Waals surface area contributed by atoms with Gasteiger partial charge in [0.2, 0.25) is 17.6 Å². The SMILES string of the molecule is C[C@H](NC(=O)CCC(=O)O)c1nc(-c2ccc(C(F)(F)F)cc2)no1. The van der Waals surface area contributed by atoms with Gasteiger partial charge in [0.15, 0.2) is 0 Å². The average molecular weight is 357 g/mol. The van der Waals surface area contributed by atoms with Crippen LogP contribution in [0, 0.1) is 0 Å². The molecule has 10 heteroatoms. The van der Waals surface area contributed by atoms with Gasteiger partial charge in [-0.25, -0.2) is 0 Å². The van der Waals surface area contributed by atoms with Crippen LogP contribution in [-0.4, -0.2) is 27.1 Å². The van der Waals surface area contributed by atoms with Gasteiger partial charge in [-0.15, -0.1) is 0 Å². The molecule has 0 aliphatic carbocycles. The van der Waals surface area contributed by atoms with Crippen LogP contribution in [0.4, 0.5) is 13.2 Å². The molecule has 0 unspecified atom stereocenters. The number of halogens is 3. The van der Waals surface area contributed by atoms with E-state index < -0.39 is 29.7 Å². The third-order valence-electron chi connectivity index (χ3n) is 3.23. The van der Waals surface area contributed by atoms with Gasteiger partial charge in [0, 0.05) is 12.0 Å². The Bertz CT molecular complexity index is 756. The van der Waals surface area contributed by atoms with Gasteiger partial charge in [0.05, 0.1) is 12.0 Å². The van der Waals surface area contributed by atoms with Crippen molar-refractivity contribution < 1.29 is 32.4 Å². The second kappa shape index (κ2) is 7.32. The molecule has 1 atom stereocenters. The Balaban J connectivity index is 2.04. The fraction of sp³-hybridized carbons (Fsp3) is 0.333. The zero-order chi connectivity index (χ0) is 18.6. The number of carbonyl (C=O) groups is 2. The van der Waals surface area contributed by atoms with Gasteiger partial charge < -0.3 is 14.9 Å². The zero-order valence-electron chi connectivity index (χ0n) is 13.0. The van der Waals surface area contributed by atoms with Crippen LogP contribution >= 0.6 is 0 Å². The molecular formula is C15H14F3N3O4. The number of hydrogen-bond donors (Lipinski definition) is 2. The maximum Gasteiger partial charge on any atom is 0.416 e. The van der Waals surface area contributed by atoms with E-state index in [1.807, 2.05) is 0 Å². The van der Waals surface area contributed by atoms with Crippen LogP contribution in [0.3, 0.4) is 0 Å². The number of carboxylic acid groups (broad SMARTS) is 1. The van der Waals surface area contributed by atoms with Crippen LogP contribution < -0.4 is 5.32 Å². The predicted octanol–water partition coefficient (Wildman–Crippen LogP) is 2.80. The number of rotatable bonds is 6. The number of aliphatic carboxylic acids is 1. The summed E-state index contributed by atoms with van der Waals surface area (Å²) < 4.78 is 42.6. The summed E-state index contributed by atoms with van der Waals surface area (Å²) in [6, 6.07) is 3.57. The molecule has 2 rings (SSSR count). The standard InChI is InChI=1S/C15H14F3N3O4/c1-8(19-11(22)6-7-12(23)24)14-20-13(21-25-14)9-2-4-10(5-3-9)15(16,17)18/h2-5,8H,6-7H2,1H3,(H,19,22)(H,23,24)/t8-/m0/s1. The fourth-order valence-electron chi connectivity index (χ4n) is 1.93. The first-order chi connectivity index (χ1) is 11.7. The van der Waals surface area contributed by atoms with Crippen LogP contribution in [-0.2, 0) is 15.8 Å². The molecule has 0 spiro atoms. The van der Waals surface area contributed by atoms with E-state index in [1.165, 1.54) is 12.1 Å². The van der Waals surface area contributed by atoms with Crippen molar-refractivity contribution in [3.8, 4) is 11.4 Å². The molecule has 0 aliphatic rings. The van der Waals surface area contributed by atoms with Crippen LogP contribution in [0.15, 0.2) is 28.8 Å². The van der Waals surface area contributed by atoms with Crippen molar-refractivity contribution in [2.24, 2.45) is 0 Å². The van der Waals surface area contributed by atoms with Crippen molar-refractivity contribution in [2.75, 3.05) is 0 Å². The van der Waals surface area contributed by atoms with E-state index in [0.717, 1.165) is 12.1 Å². The molecule has 1 aromatic heterocycles. The van der Waals surface area contributed by atoms with Crippen molar-refractivity contribution in [2.45, 2.75) is 32.0 Å². The molecule has 134 valence electrons. The van der Waals surface area contributed by atoms with E-state index in [4.69, 9.17) is 9.63 Å². The van der Waals surface area contributed by atoms with E-state index in [-0.39, 0.29) is 24.6 Å². The lowest BCUT2D eigenvalue weighted by molar-refractivity contribution is -0.139. The summed E-state index contributed by atoms with van der Waals surface area (Å²) in [6.07, 6.45) is -4.94. The number of carboxylic acids is 1. The molecule has 0 bridgehead atoms. The van der Waals surface area contributed by atoms with Gasteiger partial charge in [-0.05, 0) is 19.1 Å². The average Bonchev–Trinajstić information content (AvgIpc) is 3.02. The van der Waals surface area contributed by atoms with Gasteiger partial charge in [0.25, 0.3) is 0 Å². The summed E-state index contributed by atoms with van der Waals surface area (Å²) in [5.74, 6) is -1.46.